The summed E-state index contributed by atoms with van der Waals surface area (Å²) in [7, 11) is 1.52. The topological polar surface area (TPSA) is 110 Å². The number of carboxylic acid groups (broad SMARTS) is 1. The smallest absolute Gasteiger partial charge is 0.354 e. The van der Waals surface area contributed by atoms with Crippen LogP contribution in [-0.4, -0.2) is 42.7 Å². The van der Waals surface area contributed by atoms with Crippen molar-refractivity contribution in [2.45, 2.75) is 0 Å². The Kier molecular flexibility index (Phi) is 3.20. The minimum atomic E-state index is -1.11. The Balaban J connectivity index is 2.48. The first-order valence-corrected chi connectivity index (χ1v) is 4.95. The predicted molar refractivity (Wildman–Crippen MR) is 58.9 cm³/mol. The Morgan fingerprint density at radius 3 is 2.89 bits per heavy atom. The molecule has 0 aliphatic carbocycles. The van der Waals surface area contributed by atoms with E-state index in [2.05, 4.69) is 15.1 Å². The predicted octanol–water partition coefficient (Wildman–Crippen LogP) is -0.0961. The quantitative estimate of drug-likeness (QED) is 0.729. The summed E-state index contributed by atoms with van der Waals surface area (Å²) in [5.74, 6) is -1.00. The maximum absolute atomic E-state index is 11.1. The fourth-order valence-electron chi connectivity index (χ4n) is 1.49. The van der Waals surface area contributed by atoms with Crippen LogP contribution in [0, 0.1) is 0 Å². The summed E-state index contributed by atoms with van der Waals surface area (Å²) in [4.78, 5) is 19.0. The highest BCUT2D eigenvalue weighted by Gasteiger charge is 2.18. The van der Waals surface area contributed by atoms with Gasteiger partial charge in [-0.15, -0.1) is 0 Å². The van der Waals surface area contributed by atoms with Gasteiger partial charge in [-0.2, -0.15) is 5.10 Å². The van der Waals surface area contributed by atoms with Crippen molar-refractivity contribution in [2.75, 3.05) is 6.79 Å². The zero-order valence-corrected chi connectivity index (χ0v) is 9.44. The Labute approximate surface area is 101 Å². The van der Waals surface area contributed by atoms with Crippen molar-refractivity contribution in [2.24, 2.45) is 7.05 Å². The Hall–Kier alpha value is -2.48. The van der Waals surface area contributed by atoms with Crippen LogP contribution in [0.15, 0.2) is 18.6 Å². The molecule has 2 aromatic rings. The van der Waals surface area contributed by atoms with Crippen molar-refractivity contribution in [1.29, 1.82) is 0 Å². The zero-order chi connectivity index (χ0) is 13.1. The van der Waals surface area contributed by atoms with Gasteiger partial charge in [0.05, 0.1) is 29.8 Å². The van der Waals surface area contributed by atoms with Gasteiger partial charge < -0.3 is 14.9 Å². The molecule has 8 heteroatoms. The van der Waals surface area contributed by atoms with Crippen molar-refractivity contribution >= 4 is 5.97 Å². The second-order valence-corrected chi connectivity index (χ2v) is 3.35. The molecule has 94 valence electrons. The summed E-state index contributed by atoms with van der Waals surface area (Å²) in [6, 6.07) is 0. The third-order valence-electron chi connectivity index (χ3n) is 2.24. The number of carbonyl (C=O) groups is 1. The molecule has 0 unspecified atom stereocenters. The molecule has 0 amide bonds. The molecule has 0 saturated heterocycles. The lowest BCUT2D eigenvalue weighted by molar-refractivity contribution is 0.0685. The second kappa shape index (κ2) is 4.80. The molecular formula is C10H10N4O4. The van der Waals surface area contributed by atoms with Crippen LogP contribution in [0.25, 0.3) is 11.3 Å². The second-order valence-electron chi connectivity index (χ2n) is 3.35. The number of hydrogen-bond donors (Lipinski definition) is 2. The van der Waals surface area contributed by atoms with Gasteiger partial charge in [0.25, 0.3) is 0 Å². The van der Waals surface area contributed by atoms with Gasteiger partial charge in [0.15, 0.2) is 12.5 Å². The average Bonchev–Trinajstić information content (AvgIpc) is 2.72. The molecule has 0 saturated carbocycles. The summed E-state index contributed by atoms with van der Waals surface area (Å²) in [6.45, 7) is -0.531. The van der Waals surface area contributed by atoms with E-state index in [1.54, 1.807) is 0 Å². The van der Waals surface area contributed by atoms with Gasteiger partial charge in [0, 0.05) is 7.05 Å². The first-order chi connectivity index (χ1) is 8.63. The van der Waals surface area contributed by atoms with E-state index >= 15 is 0 Å². The van der Waals surface area contributed by atoms with E-state index in [1.807, 2.05) is 0 Å². The van der Waals surface area contributed by atoms with E-state index in [4.69, 9.17) is 14.9 Å². The summed E-state index contributed by atoms with van der Waals surface area (Å²) < 4.78 is 6.02. The summed E-state index contributed by atoms with van der Waals surface area (Å²) in [6.07, 6.45) is 4.10. The van der Waals surface area contributed by atoms with Gasteiger partial charge in [0.2, 0.25) is 5.88 Å². The highest BCUT2D eigenvalue weighted by molar-refractivity contribution is 5.93. The van der Waals surface area contributed by atoms with Crippen LogP contribution >= 0.6 is 0 Å². The summed E-state index contributed by atoms with van der Waals surface area (Å²) in [5.41, 5.74) is 0.651. The minimum Gasteiger partial charge on any atom is -0.477 e. The minimum absolute atomic E-state index is 0.00504. The van der Waals surface area contributed by atoms with Gasteiger partial charge >= 0.3 is 5.97 Å². The van der Waals surface area contributed by atoms with Crippen LogP contribution in [-0.2, 0) is 7.05 Å². The van der Waals surface area contributed by atoms with E-state index in [-0.39, 0.29) is 11.6 Å². The number of rotatable bonds is 4. The number of hydrogen-bond acceptors (Lipinski definition) is 6. The van der Waals surface area contributed by atoms with Crippen LogP contribution < -0.4 is 4.74 Å². The number of aliphatic hydroxyl groups is 1. The van der Waals surface area contributed by atoms with Crippen molar-refractivity contribution in [1.82, 2.24) is 19.7 Å². The Morgan fingerprint density at radius 1 is 1.44 bits per heavy atom. The van der Waals surface area contributed by atoms with Crippen molar-refractivity contribution in [3.8, 4) is 17.1 Å². The fraction of sp³-hybridized carbons (Fsp3) is 0.200. The first kappa shape index (κ1) is 12.0. The molecule has 2 rings (SSSR count). The monoisotopic (exact) mass is 250 g/mol. The Bertz CT molecular complexity index is 581. The molecule has 0 aliphatic rings. The van der Waals surface area contributed by atoms with E-state index in [9.17, 15) is 4.79 Å². The van der Waals surface area contributed by atoms with Gasteiger partial charge in [-0.1, -0.05) is 0 Å². The fourth-order valence-corrected chi connectivity index (χ4v) is 1.49. The number of aromatic nitrogens is 4. The number of carboxylic acids is 1. The third-order valence-corrected chi connectivity index (χ3v) is 2.24. The highest BCUT2D eigenvalue weighted by Crippen LogP contribution is 2.22. The molecule has 8 nitrogen and oxygen atoms in total. The lowest BCUT2D eigenvalue weighted by Crippen LogP contribution is -2.07. The maximum Gasteiger partial charge on any atom is 0.354 e. The van der Waals surface area contributed by atoms with E-state index in [0.717, 1.165) is 0 Å². The molecular weight excluding hydrogens is 240 g/mol. The molecule has 0 bridgehead atoms. The van der Waals surface area contributed by atoms with Crippen LogP contribution in [0.1, 0.15) is 10.5 Å². The summed E-state index contributed by atoms with van der Waals surface area (Å²) in [5, 5.41) is 21.6. The van der Waals surface area contributed by atoms with Crippen LogP contribution in [0.5, 0.6) is 5.88 Å². The molecule has 0 fully saturated rings. The van der Waals surface area contributed by atoms with Gasteiger partial charge in [-0.25, -0.2) is 9.78 Å². The molecule has 0 atom stereocenters. The van der Waals surface area contributed by atoms with E-state index in [1.165, 1.54) is 30.3 Å². The molecule has 2 N–H and O–H groups in total. The molecule has 0 aromatic carbocycles. The molecule has 2 heterocycles. The number of aryl methyl sites for hydroxylation is 1. The zero-order valence-electron chi connectivity index (χ0n) is 9.44. The lowest BCUT2D eigenvalue weighted by atomic mass is 10.2. The standard InChI is InChI=1S/C10H10N4O4/c1-14-9(10(16)17)6(2-12-14)7-3-11-4-8(13-7)18-5-15/h2-4,15H,5H2,1H3,(H,16,17). The van der Waals surface area contributed by atoms with Gasteiger partial charge in [-0.05, 0) is 0 Å². The third kappa shape index (κ3) is 2.13. The molecule has 0 aliphatic heterocycles. The average molecular weight is 250 g/mol. The Morgan fingerprint density at radius 2 is 2.22 bits per heavy atom. The number of aliphatic hydroxyl groups excluding tert-OH is 1. The lowest BCUT2D eigenvalue weighted by Gasteiger charge is -2.03. The molecule has 0 radical (unpaired) electrons. The summed E-state index contributed by atoms with van der Waals surface area (Å²) >= 11 is 0. The van der Waals surface area contributed by atoms with Gasteiger partial charge in [0.1, 0.15) is 0 Å². The molecule has 2 aromatic heterocycles. The van der Waals surface area contributed by atoms with E-state index in [0.29, 0.717) is 11.3 Å². The largest absolute Gasteiger partial charge is 0.477 e. The van der Waals surface area contributed by atoms with Crippen LogP contribution in [0.3, 0.4) is 0 Å². The normalized spacial score (nSPS) is 10.3. The van der Waals surface area contributed by atoms with Crippen LogP contribution in [0.4, 0.5) is 0 Å². The van der Waals surface area contributed by atoms with Gasteiger partial charge in [-0.3, -0.25) is 9.67 Å². The van der Waals surface area contributed by atoms with Crippen molar-refractivity contribution in [3.63, 3.8) is 0 Å². The van der Waals surface area contributed by atoms with Crippen LogP contribution in [0.2, 0.25) is 0 Å². The first-order valence-electron chi connectivity index (χ1n) is 4.95. The molecule has 0 spiro atoms. The molecule has 18 heavy (non-hydrogen) atoms. The van der Waals surface area contributed by atoms with Crippen molar-refractivity contribution < 1.29 is 19.7 Å². The highest BCUT2D eigenvalue weighted by atomic mass is 16.6. The number of nitrogens with zero attached hydrogens (tertiary/aromatic N) is 4. The maximum atomic E-state index is 11.1. The van der Waals surface area contributed by atoms with E-state index < -0.39 is 12.8 Å². The van der Waals surface area contributed by atoms with Crippen molar-refractivity contribution in [3.05, 3.63) is 24.3 Å². The SMILES string of the molecule is Cn1ncc(-c2cncc(OCO)n2)c1C(=O)O. The number of aromatic carboxylic acids is 1. The number of ether oxygens (including phenoxy) is 1.